The Hall–Kier alpha value is -0.320. The molecule has 4 heteroatoms. The van der Waals surface area contributed by atoms with Gasteiger partial charge in [-0.1, -0.05) is 57.4 Å². The molecule has 21 heavy (non-hydrogen) atoms. The molecule has 0 fully saturated rings. The minimum absolute atomic E-state index is 0.243. The molecule has 1 heterocycles. The summed E-state index contributed by atoms with van der Waals surface area (Å²) < 4.78 is 11.2. The number of rotatable bonds is 2. The molecule has 1 aliphatic rings. The highest BCUT2D eigenvalue weighted by molar-refractivity contribution is 7.72. The van der Waals surface area contributed by atoms with Crippen molar-refractivity contribution in [3.63, 3.8) is 0 Å². The molecule has 2 rings (SSSR count). The molecular formula is C17H28O2P2. The summed E-state index contributed by atoms with van der Waals surface area (Å²) in [6, 6.07) is 4.50. The van der Waals surface area contributed by atoms with Crippen molar-refractivity contribution in [1.29, 1.82) is 0 Å². The Morgan fingerprint density at radius 3 is 1.38 bits per heavy atom. The minimum atomic E-state index is -0.243. The van der Waals surface area contributed by atoms with Crippen LogP contribution in [0.4, 0.5) is 0 Å². The van der Waals surface area contributed by atoms with Gasteiger partial charge in [0.2, 0.25) is 6.79 Å². The first-order chi connectivity index (χ1) is 9.51. The van der Waals surface area contributed by atoms with Gasteiger partial charge in [0, 0.05) is 0 Å². The van der Waals surface area contributed by atoms with Crippen LogP contribution in [0.15, 0.2) is 12.1 Å². The van der Waals surface area contributed by atoms with E-state index in [4.69, 9.17) is 9.47 Å². The van der Waals surface area contributed by atoms with Crippen LogP contribution >= 0.6 is 15.8 Å². The smallest absolute Gasteiger partial charge is 0.231 e. The Bertz CT molecular complexity index is 480. The van der Waals surface area contributed by atoms with Gasteiger partial charge in [-0.3, -0.25) is 0 Å². The van der Waals surface area contributed by atoms with Crippen molar-refractivity contribution in [2.75, 3.05) is 20.1 Å². The van der Waals surface area contributed by atoms with E-state index in [0.29, 0.717) is 17.1 Å². The Balaban J connectivity index is 2.57. The summed E-state index contributed by atoms with van der Waals surface area (Å²) in [6.45, 7) is 19.1. The lowest BCUT2D eigenvalue weighted by molar-refractivity contribution is 0.174. The first kappa shape index (κ1) is 17.0. The number of ether oxygens (including phenoxy) is 2. The second-order valence-corrected chi connectivity index (χ2v) is 13.5. The summed E-state index contributed by atoms with van der Waals surface area (Å²) in [5.74, 6) is 1.84. The zero-order valence-corrected chi connectivity index (χ0v) is 16.4. The monoisotopic (exact) mass is 326 g/mol. The average molecular weight is 326 g/mol. The topological polar surface area (TPSA) is 18.5 Å². The maximum atomic E-state index is 5.62. The second kappa shape index (κ2) is 5.71. The fourth-order valence-electron chi connectivity index (χ4n) is 2.18. The predicted octanol–water partition coefficient (Wildman–Crippen LogP) is 4.49. The van der Waals surface area contributed by atoms with Gasteiger partial charge in [0.15, 0.2) is 11.5 Å². The van der Waals surface area contributed by atoms with Gasteiger partial charge in [0.05, 0.1) is 0 Å². The quantitative estimate of drug-likeness (QED) is 0.746. The third-order valence-electron chi connectivity index (χ3n) is 4.20. The molecule has 1 aromatic carbocycles. The summed E-state index contributed by atoms with van der Waals surface area (Å²) in [7, 11) is -0.486. The standard InChI is InChI=1S/C17H28O2P2/c1-16(2,3)20(7)14-9-12-13(19-11-18-12)10-15(14)21(8)17(4,5)6/h9-10H,11H2,1-8H3/t20-,21-/m1/s1. The fourth-order valence-corrected chi connectivity index (χ4v) is 5.96. The van der Waals surface area contributed by atoms with E-state index in [0.717, 1.165) is 11.5 Å². The van der Waals surface area contributed by atoms with Crippen LogP contribution in [0.5, 0.6) is 11.5 Å². The van der Waals surface area contributed by atoms with Gasteiger partial charge >= 0.3 is 0 Å². The molecule has 0 radical (unpaired) electrons. The van der Waals surface area contributed by atoms with Gasteiger partial charge < -0.3 is 9.47 Å². The summed E-state index contributed by atoms with van der Waals surface area (Å²) in [5, 5.41) is 3.58. The summed E-state index contributed by atoms with van der Waals surface area (Å²) in [4.78, 5) is 0. The fraction of sp³-hybridized carbons (Fsp3) is 0.647. The Labute approximate surface area is 132 Å². The average Bonchev–Trinajstić information content (AvgIpc) is 2.80. The van der Waals surface area contributed by atoms with Crippen LogP contribution in [0, 0.1) is 0 Å². The van der Waals surface area contributed by atoms with E-state index >= 15 is 0 Å². The molecular weight excluding hydrogens is 298 g/mol. The Morgan fingerprint density at radius 1 is 0.762 bits per heavy atom. The highest BCUT2D eigenvalue weighted by atomic mass is 31.1. The van der Waals surface area contributed by atoms with Crippen molar-refractivity contribution >= 4 is 26.5 Å². The second-order valence-electron chi connectivity index (χ2n) is 7.65. The molecule has 0 saturated carbocycles. The summed E-state index contributed by atoms with van der Waals surface area (Å²) in [5.41, 5.74) is 0. The number of benzene rings is 1. The van der Waals surface area contributed by atoms with Crippen LogP contribution in [0.3, 0.4) is 0 Å². The van der Waals surface area contributed by atoms with E-state index in [1.807, 2.05) is 0 Å². The predicted molar refractivity (Wildman–Crippen MR) is 97.0 cm³/mol. The van der Waals surface area contributed by atoms with E-state index in [2.05, 4.69) is 67.0 Å². The number of hydrogen-bond acceptors (Lipinski definition) is 2. The lowest BCUT2D eigenvalue weighted by Gasteiger charge is -2.35. The molecule has 0 aliphatic carbocycles. The van der Waals surface area contributed by atoms with Crippen LogP contribution in [-0.2, 0) is 0 Å². The summed E-state index contributed by atoms with van der Waals surface area (Å²) >= 11 is 0. The van der Waals surface area contributed by atoms with Gasteiger partial charge in [0.25, 0.3) is 0 Å². The number of hydrogen-bond donors (Lipinski definition) is 0. The SMILES string of the molecule is C[P@](c1cc2c(cc1[P@@](C)C(C)(C)C)OCO2)C(C)(C)C. The molecule has 2 nitrogen and oxygen atoms in total. The molecule has 118 valence electrons. The molecule has 1 aliphatic heterocycles. The van der Waals surface area contributed by atoms with Gasteiger partial charge in [0.1, 0.15) is 0 Å². The van der Waals surface area contributed by atoms with Crippen LogP contribution in [0.1, 0.15) is 41.5 Å². The van der Waals surface area contributed by atoms with E-state index in [9.17, 15) is 0 Å². The maximum absolute atomic E-state index is 5.62. The lowest BCUT2D eigenvalue weighted by atomic mass is 10.2. The first-order valence-electron chi connectivity index (χ1n) is 7.43. The zero-order chi connectivity index (χ0) is 16.0. The van der Waals surface area contributed by atoms with Gasteiger partial charge in [-0.15, -0.1) is 0 Å². The van der Waals surface area contributed by atoms with Crippen LogP contribution in [0.25, 0.3) is 0 Å². The van der Waals surface area contributed by atoms with Crippen molar-refractivity contribution < 1.29 is 9.47 Å². The molecule has 0 aromatic heterocycles. The Morgan fingerprint density at radius 2 is 1.10 bits per heavy atom. The van der Waals surface area contributed by atoms with Crippen molar-refractivity contribution in [2.24, 2.45) is 0 Å². The molecule has 2 atom stereocenters. The van der Waals surface area contributed by atoms with Gasteiger partial charge in [-0.2, -0.15) is 0 Å². The molecule has 0 unspecified atom stereocenters. The van der Waals surface area contributed by atoms with Crippen molar-refractivity contribution in [3.8, 4) is 11.5 Å². The highest BCUT2D eigenvalue weighted by Crippen LogP contribution is 2.51. The van der Waals surface area contributed by atoms with E-state index in [1.165, 1.54) is 10.6 Å². The van der Waals surface area contributed by atoms with Crippen LogP contribution in [-0.4, -0.2) is 30.4 Å². The maximum Gasteiger partial charge on any atom is 0.231 e. The zero-order valence-electron chi connectivity index (χ0n) is 14.6. The lowest BCUT2D eigenvalue weighted by Crippen LogP contribution is -2.32. The normalized spacial score (nSPS) is 17.7. The molecule has 0 N–H and O–H groups in total. The van der Waals surface area contributed by atoms with Gasteiger partial charge in [-0.05, 0) is 46.4 Å². The van der Waals surface area contributed by atoms with E-state index in [1.54, 1.807) is 0 Å². The van der Waals surface area contributed by atoms with E-state index < -0.39 is 0 Å². The molecule has 0 amide bonds. The minimum Gasteiger partial charge on any atom is -0.454 e. The number of fused-ring (bicyclic) bond motifs is 1. The molecule has 1 aromatic rings. The van der Waals surface area contributed by atoms with Crippen molar-refractivity contribution in [3.05, 3.63) is 12.1 Å². The molecule has 0 spiro atoms. The largest absolute Gasteiger partial charge is 0.454 e. The highest BCUT2D eigenvalue weighted by Gasteiger charge is 2.31. The van der Waals surface area contributed by atoms with E-state index in [-0.39, 0.29) is 15.8 Å². The third-order valence-corrected chi connectivity index (χ3v) is 10.6. The van der Waals surface area contributed by atoms with Crippen LogP contribution in [0.2, 0.25) is 0 Å². The molecule has 0 saturated heterocycles. The van der Waals surface area contributed by atoms with Crippen molar-refractivity contribution in [2.45, 2.75) is 51.9 Å². The van der Waals surface area contributed by atoms with Gasteiger partial charge in [-0.25, -0.2) is 0 Å². The first-order valence-corrected chi connectivity index (χ1v) is 11.0. The van der Waals surface area contributed by atoms with Crippen LogP contribution < -0.4 is 20.1 Å². The Kier molecular flexibility index (Phi) is 4.63. The third kappa shape index (κ3) is 3.54. The summed E-state index contributed by atoms with van der Waals surface area (Å²) in [6.07, 6.45) is 0. The molecule has 0 bridgehead atoms. The van der Waals surface area contributed by atoms with Crippen molar-refractivity contribution in [1.82, 2.24) is 0 Å².